The quantitative estimate of drug-likeness (QED) is 0.908. The molecule has 1 saturated heterocycles. The second-order valence-corrected chi connectivity index (χ2v) is 4.94. The number of carboxylic acid groups (broad SMARTS) is 1. The van der Waals surface area contributed by atoms with Crippen molar-refractivity contribution in [2.45, 2.75) is 6.92 Å². The predicted octanol–water partition coefficient (Wildman–Crippen LogP) is 1.85. The van der Waals surface area contributed by atoms with E-state index in [0.29, 0.717) is 37.9 Å². The van der Waals surface area contributed by atoms with Crippen molar-refractivity contribution in [1.29, 1.82) is 0 Å². The van der Waals surface area contributed by atoms with Gasteiger partial charge in [0.25, 0.3) is 0 Å². The Labute approximate surface area is 121 Å². The smallest absolute Gasteiger partial charge is 0.407 e. The molecule has 110 valence electrons. The van der Waals surface area contributed by atoms with Crippen LogP contribution in [0.25, 0.3) is 11.4 Å². The molecule has 0 radical (unpaired) electrons. The first-order valence-corrected chi connectivity index (χ1v) is 6.77. The number of anilines is 1. The largest absolute Gasteiger partial charge is 0.465 e. The van der Waals surface area contributed by atoms with Crippen molar-refractivity contribution in [1.82, 2.24) is 15.0 Å². The summed E-state index contributed by atoms with van der Waals surface area (Å²) < 4.78 is 4.97. The van der Waals surface area contributed by atoms with Gasteiger partial charge in [0.1, 0.15) is 0 Å². The third kappa shape index (κ3) is 2.81. The second kappa shape index (κ2) is 5.43. The van der Waals surface area contributed by atoms with Crippen molar-refractivity contribution >= 4 is 11.8 Å². The van der Waals surface area contributed by atoms with Crippen molar-refractivity contribution in [3.05, 3.63) is 30.2 Å². The number of hydrogen-bond acceptors (Lipinski definition) is 5. The molecule has 2 aromatic rings. The van der Waals surface area contributed by atoms with Gasteiger partial charge < -0.3 is 19.4 Å². The van der Waals surface area contributed by atoms with E-state index in [0.717, 1.165) is 11.3 Å². The molecule has 0 spiro atoms. The standard InChI is InChI=1S/C14H16N4O3/c1-10-15-13(16-21-10)11-2-4-12(5-3-11)17-6-8-18(9-7-17)14(19)20/h2-5H,6-9H2,1H3,(H,19,20). The van der Waals surface area contributed by atoms with Crippen LogP contribution in [-0.4, -0.2) is 52.4 Å². The first kappa shape index (κ1) is 13.4. The molecule has 3 rings (SSSR count). The molecule has 2 heterocycles. The highest BCUT2D eigenvalue weighted by atomic mass is 16.5. The molecule has 1 fully saturated rings. The molecule has 21 heavy (non-hydrogen) atoms. The Bertz CT molecular complexity index is 630. The van der Waals surface area contributed by atoms with Crippen LogP contribution in [0.4, 0.5) is 10.5 Å². The van der Waals surface area contributed by atoms with Crippen LogP contribution in [0, 0.1) is 6.92 Å². The number of benzene rings is 1. The maximum atomic E-state index is 10.9. The van der Waals surface area contributed by atoms with Crippen LogP contribution in [0.5, 0.6) is 0 Å². The summed E-state index contributed by atoms with van der Waals surface area (Å²) in [5, 5.41) is 12.8. The minimum atomic E-state index is -0.850. The number of amides is 1. The van der Waals surface area contributed by atoms with E-state index >= 15 is 0 Å². The van der Waals surface area contributed by atoms with Crippen molar-refractivity contribution in [3.63, 3.8) is 0 Å². The minimum absolute atomic E-state index is 0.529. The van der Waals surface area contributed by atoms with E-state index in [1.807, 2.05) is 24.3 Å². The van der Waals surface area contributed by atoms with Crippen molar-refractivity contribution < 1.29 is 14.4 Å². The van der Waals surface area contributed by atoms with Gasteiger partial charge in [-0.15, -0.1) is 0 Å². The summed E-state index contributed by atoms with van der Waals surface area (Å²) >= 11 is 0. The Kier molecular flexibility index (Phi) is 3.47. The monoisotopic (exact) mass is 288 g/mol. The van der Waals surface area contributed by atoms with E-state index in [9.17, 15) is 4.79 Å². The second-order valence-electron chi connectivity index (χ2n) is 4.94. The highest BCUT2D eigenvalue weighted by Crippen LogP contribution is 2.22. The molecule has 0 atom stereocenters. The molecule has 1 aliphatic rings. The van der Waals surface area contributed by atoms with Gasteiger partial charge in [0.2, 0.25) is 11.7 Å². The van der Waals surface area contributed by atoms with E-state index in [1.165, 1.54) is 4.90 Å². The molecule has 7 heteroatoms. The van der Waals surface area contributed by atoms with Crippen LogP contribution in [0.15, 0.2) is 28.8 Å². The van der Waals surface area contributed by atoms with Crippen LogP contribution < -0.4 is 4.90 Å². The summed E-state index contributed by atoms with van der Waals surface area (Å²) in [4.78, 5) is 18.7. The normalized spacial score (nSPS) is 15.3. The summed E-state index contributed by atoms with van der Waals surface area (Å²) in [6, 6.07) is 7.89. The van der Waals surface area contributed by atoms with E-state index < -0.39 is 6.09 Å². The number of rotatable bonds is 2. The first-order valence-electron chi connectivity index (χ1n) is 6.77. The van der Waals surface area contributed by atoms with Crippen molar-refractivity contribution in [3.8, 4) is 11.4 Å². The van der Waals surface area contributed by atoms with Crippen LogP contribution in [0.2, 0.25) is 0 Å². The number of piperazine rings is 1. The van der Waals surface area contributed by atoms with Gasteiger partial charge in [-0.05, 0) is 24.3 Å². The molecule has 1 aromatic carbocycles. The van der Waals surface area contributed by atoms with Gasteiger partial charge in [-0.25, -0.2) is 4.79 Å². The molecule has 1 aliphatic heterocycles. The average Bonchev–Trinajstić information content (AvgIpc) is 2.94. The fraction of sp³-hybridized carbons (Fsp3) is 0.357. The van der Waals surface area contributed by atoms with Gasteiger partial charge in [0, 0.05) is 44.4 Å². The summed E-state index contributed by atoms with van der Waals surface area (Å²) in [5.74, 6) is 1.12. The zero-order valence-corrected chi connectivity index (χ0v) is 11.7. The predicted molar refractivity (Wildman–Crippen MR) is 76.3 cm³/mol. The molecule has 1 amide bonds. The van der Waals surface area contributed by atoms with Crippen LogP contribution >= 0.6 is 0 Å². The van der Waals surface area contributed by atoms with E-state index in [1.54, 1.807) is 6.92 Å². The lowest BCUT2D eigenvalue weighted by molar-refractivity contribution is 0.142. The summed E-state index contributed by atoms with van der Waals surface area (Å²) in [6.45, 7) is 4.22. The number of hydrogen-bond donors (Lipinski definition) is 1. The van der Waals surface area contributed by atoms with Gasteiger partial charge in [0.15, 0.2) is 0 Å². The minimum Gasteiger partial charge on any atom is -0.465 e. The van der Waals surface area contributed by atoms with E-state index in [-0.39, 0.29) is 0 Å². The Morgan fingerprint density at radius 1 is 1.19 bits per heavy atom. The molecule has 7 nitrogen and oxygen atoms in total. The van der Waals surface area contributed by atoms with Crippen molar-refractivity contribution in [2.75, 3.05) is 31.1 Å². The van der Waals surface area contributed by atoms with Crippen LogP contribution in [0.3, 0.4) is 0 Å². The van der Waals surface area contributed by atoms with Gasteiger partial charge in [-0.2, -0.15) is 4.98 Å². The van der Waals surface area contributed by atoms with Gasteiger partial charge in [0.05, 0.1) is 0 Å². The Morgan fingerprint density at radius 2 is 1.86 bits per heavy atom. The maximum Gasteiger partial charge on any atom is 0.407 e. The van der Waals surface area contributed by atoms with Gasteiger partial charge >= 0.3 is 6.09 Å². The molecule has 0 saturated carbocycles. The first-order chi connectivity index (χ1) is 10.1. The average molecular weight is 288 g/mol. The Morgan fingerprint density at radius 3 is 2.38 bits per heavy atom. The van der Waals surface area contributed by atoms with Crippen LogP contribution in [-0.2, 0) is 0 Å². The van der Waals surface area contributed by atoms with E-state index in [2.05, 4.69) is 15.0 Å². The molecule has 0 unspecified atom stereocenters. The topological polar surface area (TPSA) is 82.7 Å². The molecule has 0 aliphatic carbocycles. The fourth-order valence-corrected chi connectivity index (χ4v) is 2.39. The summed E-state index contributed by atoms with van der Waals surface area (Å²) in [7, 11) is 0. The van der Waals surface area contributed by atoms with Gasteiger partial charge in [-0.1, -0.05) is 5.16 Å². The molecular weight excluding hydrogens is 272 g/mol. The molecular formula is C14H16N4O3. The SMILES string of the molecule is Cc1nc(-c2ccc(N3CCN(C(=O)O)CC3)cc2)no1. The third-order valence-corrected chi connectivity index (χ3v) is 3.57. The Balaban J connectivity index is 1.69. The maximum absolute atomic E-state index is 10.9. The summed E-state index contributed by atoms with van der Waals surface area (Å²) in [6.07, 6.45) is -0.850. The Hall–Kier alpha value is -2.57. The van der Waals surface area contributed by atoms with Gasteiger partial charge in [-0.3, -0.25) is 0 Å². The lowest BCUT2D eigenvalue weighted by Crippen LogP contribution is -2.48. The fourth-order valence-electron chi connectivity index (χ4n) is 2.39. The summed E-state index contributed by atoms with van der Waals surface area (Å²) in [5.41, 5.74) is 1.98. The molecule has 1 N–H and O–H groups in total. The van der Waals surface area contributed by atoms with E-state index in [4.69, 9.17) is 9.63 Å². The zero-order chi connectivity index (χ0) is 14.8. The highest BCUT2D eigenvalue weighted by Gasteiger charge is 2.20. The number of carbonyl (C=O) groups is 1. The molecule has 1 aromatic heterocycles. The number of nitrogens with zero attached hydrogens (tertiary/aromatic N) is 4. The van der Waals surface area contributed by atoms with Crippen molar-refractivity contribution in [2.24, 2.45) is 0 Å². The lowest BCUT2D eigenvalue weighted by Gasteiger charge is -2.34. The lowest BCUT2D eigenvalue weighted by atomic mass is 10.1. The third-order valence-electron chi connectivity index (χ3n) is 3.57. The number of aryl methyl sites for hydroxylation is 1. The molecule has 0 bridgehead atoms. The zero-order valence-electron chi connectivity index (χ0n) is 11.7. The highest BCUT2D eigenvalue weighted by molar-refractivity contribution is 5.66. The van der Waals surface area contributed by atoms with Crippen LogP contribution in [0.1, 0.15) is 5.89 Å². The number of aromatic nitrogens is 2.